The minimum atomic E-state index is 0.0594. The molecule has 0 saturated carbocycles. The van der Waals surface area contributed by atoms with Crippen LogP contribution in [0.3, 0.4) is 0 Å². The van der Waals surface area contributed by atoms with Gasteiger partial charge in [0.25, 0.3) is 0 Å². The molecule has 1 amide bonds. The van der Waals surface area contributed by atoms with E-state index in [0.717, 1.165) is 19.6 Å². The smallest absolute Gasteiger partial charge is 0.221 e. The first-order chi connectivity index (χ1) is 10.7. The topological polar surface area (TPSA) is 50.2 Å². The number of nitrogens with zero attached hydrogens (tertiary/aromatic N) is 3. The molecule has 22 heavy (non-hydrogen) atoms. The Kier molecular flexibility index (Phi) is 4.24. The van der Waals surface area contributed by atoms with E-state index in [0.29, 0.717) is 6.42 Å². The van der Waals surface area contributed by atoms with Gasteiger partial charge in [0.1, 0.15) is 0 Å². The van der Waals surface area contributed by atoms with Crippen LogP contribution in [0.1, 0.15) is 29.3 Å². The number of amides is 1. The van der Waals surface area contributed by atoms with Crippen LogP contribution in [-0.2, 0) is 17.9 Å². The number of fused-ring (bicyclic) bond motifs is 1. The van der Waals surface area contributed by atoms with Gasteiger partial charge < -0.3 is 5.32 Å². The summed E-state index contributed by atoms with van der Waals surface area (Å²) in [5.41, 5.74) is 3.83. The van der Waals surface area contributed by atoms with E-state index >= 15 is 0 Å². The number of carbonyl (C=O) groups is 1. The molecule has 0 fully saturated rings. The highest BCUT2D eigenvalue weighted by Crippen LogP contribution is 2.24. The third-order valence-electron chi connectivity index (χ3n) is 4.31. The molecule has 1 aromatic heterocycles. The lowest BCUT2D eigenvalue weighted by Crippen LogP contribution is -2.39. The van der Waals surface area contributed by atoms with E-state index in [1.54, 1.807) is 7.05 Å². The van der Waals surface area contributed by atoms with E-state index in [4.69, 9.17) is 0 Å². The summed E-state index contributed by atoms with van der Waals surface area (Å²) in [5.74, 6) is 0.0594. The van der Waals surface area contributed by atoms with Gasteiger partial charge in [-0.05, 0) is 24.1 Å². The summed E-state index contributed by atoms with van der Waals surface area (Å²) in [7, 11) is 1.68. The van der Waals surface area contributed by atoms with Crippen LogP contribution in [0.4, 0.5) is 0 Å². The maximum absolute atomic E-state index is 11.8. The highest BCUT2D eigenvalue weighted by atomic mass is 16.1. The summed E-state index contributed by atoms with van der Waals surface area (Å²) in [5, 5.41) is 7.10. The molecule has 0 unspecified atom stereocenters. The molecular weight excluding hydrogens is 276 g/mol. The molecule has 116 valence electrons. The first-order valence-corrected chi connectivity index (χ1v) is 7.67. The van der Waals surface area contributed by atoms with Gasteiger partial charge in [-0.3, -0.25) is 14.4 Å². The van der Waals surface area contributed by atoms with Crippen molar-refractivity contribution in [3.63, 3.8) is 0 Å². The predicted molar refractivity (Wildman–Crippen MR) is 85.2 cm³/mol. The Hall–Kier alpha value is -2.14. The van der Waals surface area contributed by atoms with Crippen LogP contribution in [0.5, 0.6) is 0 Å². The Bertz CT molecular complexity index is 664. The second-order valence-corrected chi connectivity index (χ2v) is 5.89. The van der Waals surface area contributed by atoms with E-state index in [-0.39, 0.29) is 11.9 Å². The number of aromatic nitrogens is 2. The minimum absolute atomic E-state index is 0.0594. The molecule has 5 heteroatoms. The van der Waals surface area contributed by atoms with Crippen molar-refractivity contribution in [1.82, 2.24) is 20.0 Å². The molecule has 5 nitrogen and oxygen atoms in total. The van der Waals surface area contributed by atoms with Crippen molar-refractivity contribution in [3.05, 3.63) is 53.3 Å². The number of aryl methyl sites for hydroxylation is 1. The lowest BCUT2D eigenvalue weighted by atomic mass is 10.1. The average molecular weight is 298 g/mol. The molecule has 1 atom stereocenters. The molecule has 0 spiro atoms. The molecule has 1 aliphatic rings. The number of nitrogens with one attached hydrogen (secondary N) is 1. The first-order valence-electron chi connectivity index (χ1n) is 7.67. The fourth-order valence-electron chi connectivity index (χ4n) is 3.08. The van der Waals surface area contributed by atoms with Crippen molar-refractivity contribution in [2.45, 2.75) is 32.5 Å². The minimum Gasteiger partial charge on any atom is -0.359 e. The van der Waals surface area contributed by atoms with Gasteiger partial charge in [-0.1, -0.05) is 24.3 Å². The zero-order valence-electron chi connectivity index (χ0n) is 13.1. The van der Waals surface area contributed by atoms with Gasteiger partial charge in [0.15, 0.2) is 0 Å². The molecule has 0 bridgehead atoms. The van der Waals surface area contributed by atoms with Crippen molar-refractivity contribution in [3.8, 4) is 0 Å². The van der Waals surface area contributed by atoms with Crippen LogP contribution in [0, 0.1) is 6.92 Å². The maximum atomic E-state index is 11.8. The third-order valence-corrected chi connectivity index (χ3v) is 4.31. The average Bonchev–Trinajstić information content (AvgIpc) is 2.98. The van der Waals surface area contributed by atoms with Gasteiger partial charge >= 0.3 is 0 Å². The number of benzene rings is 1. The fourth-order valence-corrected chi connectivity index (χ4v) is 3.08. The van der Waals surface area contributed by atoms with Crippen molar-refractivity contribution < 1.29 is 4.79 Å². The Morgan fingerprint density at radius 2 is 2.18 bits per heavy atom. The lowest BCUT2D eigenvalue weighted by Gasteiger charge is -2.34. The number of rotatable bonds is 4. The monoisotopic (exact) mass is 298 g/mol. The van der Waals surface area contributed by atoms with E-state index in [1.165, 1.54) is 16.8 Å². The van der Waals surface area contributed by atoms with Crippen molar-refractivity contribution in [2.75, 3.05) is 13.6 Å². The molecule has 0 aliphatic carbocycles. The van der Waals surface area contributed by atoms with Crippen LogP contribution in [0.2, 0.25) is 0 Å². The van der Waals surface area contributed by atoms with Crippen molar-refractivity contribution in [2.24, 2.45) is 0 Å². The Morgan fingerprint density at radius 3 is 2.95 bits per heavy atom. The fraction of sp³-hybridized carbons (Fsp3) is 0.412. The molecule has 2 heterocycles. The van der Waals surface area contributed by atoms with Gasteiger partial charge in [-0.25, -0.2) is 0 Å². The zero-order valence-corrected chi connectivity index (χ0v) is 13.1. The lowest BCUT2D eigenvalue weighted by molar-refractivity contribution is -0.121. The first kappa shape index (κ1) is 14.8. The van der Waals surface area contributed by atoms with Crippen molar-refractivity contribution in [1.29, 1.82) is 0 Å². The van der Waals surface area contributed by atoms with Crippen LogP contribution < -0.4 is 5.32 Å². The van der Waals surface area contributed by atoms with E-state index in [2.05, 4.69) is 46.5 Å². The summed E-state index contributed by atoms with van der Waals surface area (Å²) in [6.07, 6.45) is 2.29. The SMILES string of the molecule is CNC(=O)C[C@H]1CN(Cc2ccccc2C)Cc2ccnn21. The van der Waals surface area contributed by atoms with Crippen LogP contribution in [-0.4, -0.2) is 34.2 Å². The highest BCUT2D eigenvalue weighted by Gasteiger charge is 2.27. The summed E-state index contributed by atoms with van der Waals surface area (Å²) in [4.78, 5) is 14.2. The summed E-state index contributed by atoms with van der Waals surface area (Å²) in [6.45, 7) is 4.77. The molecular formula is C17H22N4O. The molecule has 1 aromatic carbocycles. The van der Waals surface area contributed by atoms with E-state index in [9.17, 15) is 4.79 Å². The second kappa shape index (κ2) is 6.32. The number of hydrogen-bond donors (Lipinski definition) is 1. The van der Waals surface area contributed by atoms with Crippen molar-refractivity contribution >= 4 is 5.91 Å². The highest BCUT2D eigenvalue weighted by molar-refractivity contribution is 5.76. The number of carbonyl (C=O) groups excluding carboxylic acids is 1. The Labute approximate surface area is 130 Å². The number of hydrogen-bond acceptors (Lipinski definition) is 3. The maximum Gasteiger partial charge on any atom is 0.221 e. The summed E-state index contributed by atoms with van der Waals surface area (Å²) >= 11 is 0. The third kappa shape index (κ3) is 3.04. The predicted octanol–water partition coefficient (Wildman–Crippen LogP) is 1.88. The van der Waals surface area contributed by atoms with Gasteiger partial charge in [-0.15, -0.1) is 0 Å². The summed E-state index contributed by atoms with van der Waals surface area (Å²) < 4.78 is 2.00. The summed E-state index contributed by atoms with van der Waals surface area (Å²) in [6, 6.07) is 10.6. The standard InChI is InChI=1S/C17H22N4O/c1-13-5-3-4-6-14(13)10-20-11-15-7-8-19-21(15)16(12-20)9-17(22)18-2/h3-8,16H,9-12H2,1-2H3,(H,18,22)/t16-/m0/s1. The van der Waals surface area contributed by atoms with E-state index < -0.39 is 0 Å². The van der Waals surface area contributed by atoms with Gasteiger partial charge in [0, 0.05) is 32.9 Å². The van der Waals surface area contributed by atoms with Gasteiger partial charge in [0.2, 0.25) is 5.91 Å². The largest absolute Gasteiger partial charge is 0.359 e. The van der Waals surface area contributed by atoms with E-state index in [1.807, 2.05) is 16.9 Å². The molecule has 1 N–H and O–H groups in total. The Balaban J connectivity index is 1.78. The van der Waals surface area contributed by atoms with Crippen LogP contribution >= 0.6 is 0 Å². The quantitative estimate of drug-likeness (QED) is 0.937. The van der Waals surface area contributed by atoms with Crippen LogP contribution in [0.25, 0.3) is 0 Å². The van der Waals surface area contributed by atoms with Crippen LogP contribution in [0.15, 0.2) is 36.5 Å². The zero-order chi connectivity index (χ0) is 15.5. The Morgan fingerprint density at radius 1 is 1.36 bits per heavy atom. The molecule has 3 rings (SSSR count). The molecule has 2 aromatic rings. The van der Waals surface area contributed by atoms with Gasteiger partial charge in [-0.2, -0.15) is 5.10 Å². The molecule has 0 radical (unpaired) electrons. The van der Waals surface area contributed by atoms with Gasteiger partial charge in [0.05, 0.1) is 18.2 Å². The molecule has 0 saturated heterocycles. The molecule has 1 aliphatic heterocycles. The normalized spacial score (nSPS) is 18.0. The second-order valence-electron chi connectivity index (χ2n) is 5.89.